The Morgan fingerprint density at radius 3 is 0.559 bits per heavy atom. The Bertz CT molecular complexity index is 665. The molecule has 0 N–H and O–H groups in total. The molecule has 0 bridgehead atoms. The van der Waals surface area contributed by atoms with Crippen molar-refractivity contribution in [3.63, 3.8) is 0 Å². The molecule has 0 aromatic heterocycles. The van der Waals surface area contributed by atoms with Crippen LogP contribution in [0.5, 0.6) is 0 Å². The van der Waals surface area contributed by atoms with E-state index in [1.807, 2.05) is 0 Å². The fraction of sp³-hybridized carbons (Fsp3) is 1.00. The first-order chi connectivity index (χ1) is 14.2. The third kappa shape index (κ3) is 4.38. The molecule has 0 aliphatic rings. The lowest BCUT2D eigenvalue weighted by molar-refractivity contribution is -0.593. The molecule has 0 amide bonds. The standard InChI is InChI=1S/C10F22O2/c11-1(12,3(15,16)7(23,24)25)5(19,20)9(29,30)33-34-10(31,32)6(21,22)2(13,14)4(17,18)8(26,27)28. The Hall–Kier alpha value is -1.62. The van der Waals surface area contributed by atoms with Crippen LogP contribution in [0.15, 0.2) is 0 Å². The monoisotopic (exact) mass is 570 g/mol. The van der Waals surface area contributed by atoms with Gasteiger partial charge in [0.2, 0.25) is 0 Å². The van der Waals surface area contributed by atoms with E-state index in [2.05, 4.69) is 0 Å². The molecular formula is C10F22O2. The molecule has 0 rings (SSSR count). The molecule has 0 aliphatic carbocycles. The van der Waals surface area contributed by atoms with Gasteiger partial charge in [0, 0.05) is 0 Å². The molecule has 0 spiro atoms. The summed E-state index contributed by atoms with van der Waals surface area (Å²) in [7, 11) is 0. The quantitative estimate of drug-likeness (QED) is 0.168. The SMILES string of the molecule is FC(F)(F)C(F)(F)C(F)(F)C(F)(F)C(F)(F)OOC(F)(F)C(F)(F)C(F)(F)C(F)(F)C(F)(F)F. The molecule has 2 nitrogen and oxygen atoms in total. The van der Waals surface area contributed by atoms with Gasteiger partial charge >= 0.3 is 60.1 Å². The van der Waals surface area contributed by atoms with Crippen molar-refractivity contribution in [2.75, 3.05) is 0 Å². The van der Waals surface area contributed by atoms with E-state index in [0.717, 1.165) is 0 Å². The Balaban J connectivity index is 6.24. The normalized spacial score (nSPS) is 16.8. The zero-order valence-electron chi connectivity index (χ0n) is 14.1. The van der Waals surface area contributed by atoms with Gasteiger partial charge in [0.15, 0.2) is 0 Å². The van der Waals surface area contributed by atoms with Gasteiger partial charge in [-0.05, 0) is 0 Å². The van der Waals surface area contributed by atoms with E-state index in [-0.39, 0.29) is 0 Å². The molecule has 0 saturated carbocycles. The van der Waals surface area contributed by atoms with Crippen LogP contribution in [0.2, 0.25) is 0 Å². The van der Waals surface area contributed by atoms with Gasteiger partial charge in [-0.3, -0.25) is 0 Å². The highest BCUT2D eigenvalue weighted by molar-refractivity contribution is 5.05. The van der Waals surface area contributed by atoms with Gasteiger partial charge in [-0.15, -0.1) is 0 Å². The molecule has 34 heavy (non-hydrogen) atoms. The molecular weight excluding hydrogens is 570 g/mol. The Kier molecular flexibility index (Phi) is 7.57. The van der Waals surface area contributed by atoms with Crippen molar-refractivity contribution in [1.29, 1.82) is 0 Å². The summed E-state index contributed by atoms with van der Waals surface area (Å²) in [6, 6.07) is 0. The minimum Gasteiger partial charge on any atom is -0.192 e. The summed E-state index contributed by atoms with van der Waals surface area (Å²) in [5, 5.41) is 0. The van der Waals surface area contributed by atoms with Gasteiger partial charge < -0.3 is 0 Å². The summed E-state index contributed by atoms with van der Waals surface area (Å²) in [6.07, 6.45) is -31.7. The van der Waals surface area contributed by atoms with E-state index < -0.39 is 60.1 Å². The third-order valence-electron chi connectivity index (χ3n) is 3.27. The number of alkyl halides is 22. The molecule has 0 unspecified atom stereocenters. The smallest absolute Gasteiger partial charge is 0.192 e. The second-order valence-electron chi connectivity index (χ2n) is 5.64. The van der Waals surface area contributed by atoms with Gasteiger partial charge in [-0.25, -0.2) is 0 Å². The van der Waals surface area contributed by atoms with Crippen LogP contribution in [0.25, 0.3) is 0 Å². The van der Waals surface area contributed by atoms with E-state index >= 15 is 0 Å². The van der Waals surface area contributed by atoms with Crippen molar-refractivity contribution >= 4 is 0 Å². The van der Waals surface area contributed by atoms with Gasteiger partial charge in [0.1, 0.15) is 0 Å². The minimum absolute atomic E-state index is 1.18. The van der Waals surface area contributed by atoms with Crippen molar-refractivity contribution in [2.45, 2.75) is 60.1 Å². The summed E-state index contributed by atoms with van der Waals surface area (Å²) in [5.41, 5.74) is 0. The highest BCUT2D eigenvalue weighted by atomic mass is 19.4. The highest BCUT2D eigenvalue weighted by Crippen LogP contribution is 2.60. The first kappa shape index (κ1) is 32.4. The van der Waals surface area contributed by atoms with Crippen molar-refractivity contribution in [3.05, 3.63) is 0 Å². The van der Waals surface area contributed by atoms with Crippen LogP contribution in [0.4, 0.5) is 96.6 Å². The molecule has 0 aromatic carbocycles. The van der Waals surface area contributed by atoms with E-state index in [1.54, 1.807) is 0 Å². The third-order valence-corrected chi connectivity index (χ3v) is 3.27. The maximum Gasteiger partial charge on any atom is 0.460 e. The van der Waals surface area contributed by atoms with E-state index in [0.29, 0.717) is 0 Å². The lowest BCUT2D eigenvalue weighted by Gasteiger charge is -2.38. The lowest BCUT2D eigenvalue weighted by atomic mass is 10.0. The van der Waals surface area contributed by atoms with E-state index in [1.165, 1.54) is 9.78 Å². The Labute approximate surface area is 168 Å². The molecule has 0 fully saturated rings. The molecule has 0 saturated heterocycles. The molecule has 0 radical (unpaired) electrons. The second kappa shape index (κ2) is 7.94. The maximum atomic E-state index is 12.9. The van der Waals surface area contributed by atoms with Gasteiger partial charge in [-0.2, -0.15) is 106 Å². The largest absolute Gasteiger partial charge is 0.460 e. The predicted molar refractivity (Wildman–Crippen MR) is 53.9 cm³/mol. The first-order valence-electron chi connectivity index (χ1n) is 6.73. The van der Waals surface area contributed by atoms with E-state index in [4.69, 9.17) is 0 Å². The topological polar surface area (TPSA) is 18.5 Å². The summed E-state index contributed by atoms with van der Waals surface area (Å²) in [4.78, 5) is 2.36. The molecule has 0 aromatic rings. The highest BCUT2D eigenvalue weighted by Gasteiger charge is 2.90. The van der Waals surface area contributed by atoms with Crippen LogP contribution in [0.1, 0.15) is 0 Å². The molecule has 0 aliphatic heterocycles. The lowest BCUT2D eigenvalue weighted by Crippen LogP contribution is -2.68. The zero-order valence-corrected chi connectivity index (χ0v) is 14.1. The molecule has 24 heteroatoms. The Morgan fingerprint density at radius 2 is 0.412 bits per heavy atom. The Morgan fingerprint density at radius 1 is 0.235 bits per heavy atom. The predicted octanol–water partition coefficient (Wildman–Crippen LogP) is 7.06. The summed E-state index contributed by atoms with van der Waals surface area (Å²) in [6.45, 7) is 0. The molecule has 0 heterocycles. The zero-order chi connectivity index (χ0) is 28.4. The van der Waals surface area contributed by atoms with Crippen LogP contribution in [-0.4, -0.2) is 60.1 Å². The first-order valence-corrected chi connectivity index (χ1v) is 6.73. The fourth-order valence-corrected chi connectivity index (χ4v) is 1.33. The summed E-state index contributed by atoms with van der Waals surface area (Å²) >= 11 is 0. The number of halogens is 22. The van der Waals surface area contributed by atoms with Gasteiger partial charge in [0.05, 0.1) is 0 Å². The summed E-state index contributed by atoms with van der Waals surface area (Å²) in [5.74, 6) is -50.0. The average molecular weight is 570 g/mol. The number of hydrogen-bond acceptors (Lipinski definition) is 2. The minimum atomic E-state index is -8.42. The summed E-state index contributed by atoms with van der Waals surface area (Å²) < 4.78 is 275. The molecule has 206 valence electrons. The number of hydrogen-bond donors (Lipinski definition) is 0. The van der Waals surface area contributed by atoms with Crippen LogP contribution < -0.4 is 0 Å². The maximum absolute atomic E-state index is 12.9. The number of rotatable bonds is 9. The van der Waals surface area contributed by atoms with Crippen molar-refractivity contribution in [2.24, 2.45) is 0 Å². The van der Waals surface area contributed by atoms with Gasteiger partial charge in [-0.1, -0.05) is 0 Å². The van der Waals surface area contributed by atoms with Crippen molar-refractivity contribution < 1.29 is 106 Å². The van der Waals surface area contributed by atoms with Crippen LogP contribution in [-0.2, 0) is 9.78 Å². The van der Waals surface area contributed by atoms with Crippen molar-refractivity contribution in [3.8, 4) is 0 Å². The van der Waals surface area contributed by atoms with Crippen molar-refractivity contribution in [1.82, 2.24) is 0 Å². The van der Waals surface area contributed by atoms with Crippen LogP contribution in [0.3, 0.4) is 0 Å². The van der Waals surface area contributed by atoms with E-state index in [9.17, 15) is 96.6 Å². The average Bonchev–Trinajstić information content (AvgIpc) is 2.57. The van der Waals surface area contributed by atoms with Crippen LogP contribution >= 0.6 is 0 Å². The second-order valence-corrected chi connectivity index (χ2v) is 5.64. The fourth-order valence-electron chi connectivity index (χ4n) is 1.33. The van der Waals surface area contributed by atoms with Gasteiger partial charge in [0.25, 0.3) is 0 Å². The van der Waals surface area contributed by atoms with Crippen LogP contribution in [0, 0.1) is 0 Å². The molecule has 0 atom stereocenters.